The van der Waals surface area contributed by atoms with Crippen molar-refractivity contribution < 1.29 is 4.52 Å². The molecule has 1 N–H and O–H groups in total. The van der Waals surface area contributed by atoms with Crippen LogP contribution in [0.5, 0.6) is 0 Å². The Balaban J connectivity index is 1.62. The van der Waals surface area contributed by atoms with Gasteiger partial charge in [-0.05, 0) is 30.7 Å². The fraction of sp³-hybridized carbons (Fsp3) is 0.286. The van der Waals surface area contributed by atoms with Crippen molar-refractivity contribution in [2.45, 2.75) is 30.7 Å². The molecule has 0 radical (unpaired) electrons. The normalized spacial score (nSPS) is 11.0. The molecule has 0 amide bonds. The van der Waals surface area contributed by atoms with Gasteiger partial charge in [-0.25, -0.2) is 4.98 Å². The molecule has 3 rings (SSSR count). The summed E-state index contributed by atoms with van der Waals surface area (Å²) in [4.78, 5) is 8.74. The lowest BCUT2D eigenvalue weighted by Gasteiger charge is -1.93. The largest absolute Gasteiger partial charge is 0.338 e. The van der Waals surface area contributed by atoms with Gasteiger partial charge in [0, 0.05) is 17.0 Å². The van der Waals surface area contributed by atoms with Gasteiger partial charge in [0.2, 0.25) is 16.9 Å². The van der Waals surface area contributed by atoms with E-state index in [1.54, 1.807) is 12.1 Å². The molecular formula is C14H14ClN5OS. The maximum absolute atomic E-state index is 5.86. The smallest absolute Gasteiger partial charge is 0.237 e. The van der Waals surface area contributed by atoms with Crippen LogP contribution < -0.4 is 0 Å². The molecule has 0 unspecified atom stereocenters. The molecule has 0 atom stereocenters. The van der Waals surface area contributed by atoms with E-state index < -0.39 is 0 Å². The van der Waals surface area contributed by atoms with Crippen LogP contribution in [0.4, 0.5) is 0 Å². The number of benzene rings is 1. The predicted molar refractivity (Wildman–Crippen MR) is 84.7 cm³/mol. The summed E-state index contributed by atoms with van der Waals surface area (Å²) in [7, 11) is 0. The van der Waals surface area contributed by atoms with E-state index in [1.807, 2.05) is 12.1 Å². The van der Waals surface area contributed by atoms with Crippen molar-refractivity contribution in [3.8, 4) is 11.4 Å². The van der Waals surface area contributed by atoms with Gasteiger partial charge < -0.3 is 4.52 Å². The van der Waals surface area contributed by atoms with Gasteiger partial charge >= 0.3 is 0 Å². The molecule has 3 aromatic rings. The Morgan fingerprint density at radius 2 is 2.05 bits per heavy atom. The Hall–Kier alpha value is -1.86. The van der Waals surface area contributed by atoms with Gasteiger partial charge in [0.25, 0.3) is 0 Å². The van der Waals surface area contributed by atoms with Crippen LogP contribution in [0.25, 0.3) is 11.4 Å². The number of hydrogen-bond donors (Lipinski definition) is 1. The lowest BCUT2D eigenvalue weighted by atomic mass is 10.2. The van der Waals surface area contributed by atoms with Crippen molar-refractivity contribution >= 4 is 23.4 Å². The van der Waals surface area contributed by atoms with Crippen LogP contribution in [0, 0.1) is 0 Å². The molecule has 2 heterocycles. The first-order chi connectivity index (χ1) is 10.7. The molecule has 22 heavy (non-hydrogen) atoms. The average molecular weight is 336 g/mol. The van der Waals surface area contributed by atoms with Gasteiger partial charge in [-0.2, -0.15) is 4.98 Å². The highest BCUT2D eigenvalue weighted by molar-refractivity contribution is 7.98. The van der Waals surface area contributed by atoms with Gasteiger partial charge in [0.15, 0.2) is 0 Å². The topological polar surface area (TPSA) is 80.5 Å². The molecule has 0 aliphatic heterocycles. The molecule has 114 valence electrons. The minimum Gasteiger partial charge on any atom is -0.338 e. The Bertz CT molecular complexity index is 740. The predicted octanol–water partition coefficient (Wildman–Crippen LogP) is 3.75. The Labute approximate surface area is 136 Å². The van der Waals surface area contributed by atoms with Crippen LogP contribution in [-0.2, 0) is 12.2 Å². The van der Waals surface area contributed by atoms with Crippen molar-refractivity contribution in [1.82, 2.24) is 25.3 Å². The first-order valence-corrected chi connectivity index (χ1v) is 8.23. The minimum atomic E-state index is 0.532. The van der Waals surface area contributed by atoms with E-state index in [0.29, 0.717) is 27.6 Å². The molecule has 0 saturated heterocycles. The fourth-order valence-corrected chi connectivity index (χ4v) is 2.63. The van der Waals surface area contributed by atoms with Gasteiger partial charge in [-0.3, -0.25) is 5.10 Å². The summed E-state index contributed by atoms with van der Waals surface area (Å²) in [5.41, 5.74) is 0.868. The second kappa shape index (κ2) is 6.93. The number of aryl methyl sites for hydroxylation is 1. The van der Waals surface area contributed by atoms with Crippen molar-refractivity contribution in [2.24, 2.45) is 0 Å². The van der Waals surface area contributed by atoms with E-state index in [0.717, 1.165) is 24.2 Å². The third kappa shape index (κ3) is 3.66. The Morgan fingerprint density at radius 1 is 1.23 bits per heavy atom. The molecule has 2 aromatic heterocycles. The maximum Gasteiger partial charge on any atom is 0.237 e. The fourth-order valence-electron chi connectivity index (χ4n) is 1.85. The third-order valence-corrected chi connectivity index (χ3v) is 3.98. The second-order valence-corrected chi connectivity index (χ2v) is 6.00. The van der Waals surface area contributed by atoms with Crippen molar-refractivity contribution in [3.05, 3.63) is 41.0 Å². The summed E-state index contributed by atoms with van der Waals surface area (Å²) < 4.78 is 5.24. The Morgan fingerprint density at radius 3 is 2.82 bits per heavy atom. The molecule has 0 spiro atoms. The summed E-state index contributed by atoms with van der Waals surface area (Å²) in [6, 6.07) is 7.31. The van der Waals surface area contributed by atoms with Crippen LogP contribution in [-0.4, -0.2) is 25.3 Å². The van der Waals surface area contributed by atoms with Crippen LogP contribution in [0.3, 0.4) is 0 Å². The highest BCUT2D eigenvalue weighted by Gasteiger charge is 2.11. The first kappa shape index (κ1) is 15.1. The lowest BCUT2D eigenvalue weighted by molar-refractivity contribution is 0.391. The molecule has 8 heteroatoms. The summed E-state index contributed by atoms with van der Waals surface area (Å²) >= 11 is 7.32. The molecule has 0 aliphatic carbocycles. The number of aromatic amines is 1. The standard InChI is InChI=1S/C14H14ClN5OS/c1-2-3-11-16-14(19-18-11)22-8-12-17-13(20-21-12)9-4-6-10(15)7-5-9/h4-7H,2-3,8H2,1H3,(H,16,18,19). The first-order valence-electron chi connectivity index (χ1n) is 6.87. The zero-order chi connectivity index (χ0) is 15.4. The number of hydrogen-bond acceptors (Lipinski definition) is 6. The summed E-state index contributed by atoms with van der Waals surface area (Å²) in [5, 5.41) is 12.4. The number of nitrogens with one attached hydrogen (secondary N) is 1. The SMILES string of the molecule is CCCc1nc(SCc2nc(-c3ccc(Cl)cc3)no2)n[nH]1. The average Bonchev–Trinajstić information content (AvgIpc) is 3.16. The Kier molecular flexibility index (Phi) is 4.74. The molecule has 0 aliphatic rings. The van der Waals surface area contributed by atoms with E-state index in [2.05, 4.69) is 32.2 Å². The molecular weight excluding hydrogens is 322 g/mol. The maximum atomic E-state index is 5.86. The highest BCUT2D eigenvalue weighted by atomic mass is 35.5. The number of rotatable bonds is 6. The van der Waals surface area contributed by atoms with Gasteiger partial charge in [-0.1, -0.05) is 35.4 Å². The van der Waals surface area contributed by atoms with E-state index in [1.165, 1.54) is 11.8 Å². The number of H-pyrrole nitrogens is 1. The van der Waals surface area contributed by atoms with E-state index in [4.69, 9.17) is 16.1 Å². The minimum absolute atomic E-state index is 0.532. The molecule has 1 aromatic carbocycles. The van der Waals surface area contributed by atoms with Gasteiger partial charge in [0.1, 0.15) is 5.82 Å². The quantitative estimate of drug-likeness (QED) is 0.691. The number of aromatic nitrogens is 5. The summed E-state index contributed by atoms with van der Waals surface area (Å²) in [5.74, 6) is 2.52. The van der Waals surface area contributed by atoms with E-state index in [-0.39, 0.29) is 0 Å². The number of halogens is 1. The van der Waals surface area contributed by atoms with E-state index >= 15 is 0 Å². The van der Waals surface area contributed by atoms with Crippen LogP contribution in [0.15, 0.2) is 33.9 Å². The van der Waals surface area contributed by atoms with E-state index in [9.17, 15) is 0 Å². The zero-order valence-electron chi connectivity index (χ0n) is 11.9. The second-order valence-electron chi connectivity index (χ2n) is 4.62. The number of nitrogens with zero attached hydrogens (tertiary/aromatic N) is 4. The van der Waals surface area contributed by atoms with Crippen LogP contribution in [0.2, 0.25) is 5.02 Å². The molecule has 0 fully saturated rings. The summed E-state index contributed by atoms with van der Waals surface area (Å²) in [6.07, 6.45) is 1.93. The highest BCUT2D eigenvalue weighted by Crippen LogP contribution is 2.22. The van der Waals surface area contributed by atoms with Crippen LogP contribution in [0.1, 0.15) is 25.1 Å². The van der Waals surface area contributed by atoms with Gasteiger partial charge in [-0.15, -0.1) is 5.10 Å². The third-order valence-electron chi connectivity index (χ3n) is 2.89. The van der Waals surface area contributed by atoms with Crippen LogP contribution >= 0.6 is 23.4 Å². The lowest BCUT2D eigenvalue weighted by Crippen LogP contribution is -1.85. The monoisotopic (exact) mass is 335 g/mol. The number of thioether (sulfide) groups is 1. The molecule has 0 bridgehead atoms. The van der Waals surface area contributed by atoms with Crippen molar-refractivity contribution in [1.29, 1.82) is 0 Å². The van der Waals surface area contributed by atoms with Gasteiger partial charge in [0.05, 0.1) is 5.75 Å². The molecule has 6 nitrogen and oxygen atoms in total. The summed E-state index contributed by atoms with van der Waals surface area (Å²) in [6.45, 7) is 2.10. The van der Waals surface area contributed by atoms with Crippen molar-refractivity contribution in [2.75, 3.05) is 0 Å². The zero-order valence-corrected chi connectivity index (χ0v) is 13.5. The van der Waals surface area contributed by atoms with Crippen molar-refractivity contribution in [3.63, 3.8) is 0 Å². The molecule has 0 saturated carbocycles.